The van der Waals surface area contributed by atoms with E-state index in [-0.39, 0.29) is 0 Å². The summed E-state index contributed by atoms with van der Waals surface area (Å²) >= 11 is 0. The van der Waals surface area contributed by atoms with Gasteiger partial charge >= 0.3 is 5.63 Å². The minimum absolute atomic E-state index is 0.390. The predicted octanol–water partition coefficient (Wildman–Crippen LogP) is 3.51. The normalized spacial score (nSPS) is 10.1. The fourth-order valence-corrected chi connectivity index (χ4v) is 2.26. The lowest BCUT2D eigenvalue weighted by atomic mass is 10.1. The highest BCUT2D eigenvalue weighted by Crippen LogP contribution is 2.23. The molecule has 0 saturated heterocycles. The van der Waals surface area contributed by atoms with Gasteiger partial charge in [-0.25, -0.2) is 4.79 Å². The maximum Gasteiger partial charge on any atom is 0.352 e. The summed E-state index contributed by atoms with van der Waals surface area (Å²) in [6.45, 7) is 1.88. The second kappa shape index (κ2) is 5.79. The molecule has 0 N–H and O–H groups in total. The summed E-state index contributed by atoms with van der Waals surface area (Å²) in [5.74, 6) is 6.58. The number of hydrogen-bond donors (Lipinski definition) is 0. The monoisotopic (exact) mass is 290 g/mol. The Morgan fingerprint density at radius 3 is 2.55 bits per heavy atom. The van der Waals surface area contributed by atoms with Gasteiger partial charge in [0.05, 0.1) is 7.11 Å². The average molecular weight is 290 g/mol. The van der Waals surface area contributed by atoms with Gasteiger partial charge in [0.2, 0.25) is 0 Å². The van der Waals surface area contributed by atoms with E-state index in [2.05, 4.69) is 11.8 Å². The molecule has 0 radical (unpaired) electrons. The molecule has 22 heavy (non-hydrogen) atoms. The SMILES string of the molecule is COc1ccc2c(C)c(C#Cc3ccccc3)c(=O)oc2c1. The summed E-state index contributed by atoms with van der Waals surface area (Å²) in [5, 5.41) is 0.859. The molecule has 0 aliphatic heterocycles. The van der Waals surface area contributed by atoms with Crippen LogP contribution < -0.4 is 10.4 Å². The molecular weight excluding hydrogens is 276 g/mol. The van der Waals surface area contributed by atoms with Crippen molar-refractivity contribution in [3.63, 3.8) is 0 Å². The van der Waals surface area contributed by atoms with Crippen molar-refractivity contribution in [1.29, 1.82) is 0 Å². The Hall–Kier alpha value is -2.99. The van der Waals surface area contributed by atoms with Crippen LogP contribution in [0.4, 0.5) is 0 Å². The fraction of sp³-hybridized carbons (Fsp3) is 0.105. The molecule has 0 amide bonds. The van der Waals surface area contributed by atoms with Crippen LogP contribution in [0.2, 0.25) is 0 Å². The number of methoxy groups -OCH3 is 1. The zero-order chi connectivity index (χ0) is 15.5. The first-order valence-electron chi connectivity index (χ1n) is 6.87. The van der Waals surface area contributed by atoms with Crippen LogP contribution in [-0.4, -0.2) is 7.11 Å². The number of benzene rings is 2. The highest BCUT2D eigenvalue weighted by atomic mass is 16.5. The first-order valence-corrected chi connectivity index (χ1v) is 6.87. The Morgan fingerprint density at radius 1 is 1.05 bits per heavy atom. The van der Waals surface area contributed by atoms with E-state index in [0.29, 0.717) is 16.9 Å². The molecule has 3 rings (SSSR count). The van der Waals surface area contributed by atoms with Crippen LogP contribution >= 0.6 is 0 Å². The lowest BCUT2D eigenvalue weighted by Crippen LogP contribution is -2.07. The lowest BCUT2D eigenvalue weighted by Gasteiger charge is -2.05. The van der Waals surface area contributed by atoms with E-state index in [4.69, 9.17) is 9.15 Å². The molecule has 108 valence electrons. The molecule has 0 bridgehead atoms. The van der Waals surface area contributed by atoms with E-state index in [9.17, 15) is 4.79 Å². The van der Waals surface area contributed by atoms with Crippen LogP contribution in [-0.2, 0) is 0 Å². The molecule has 0 fully saturated rings. The van der Waals surface area contributed by atoms with Crippen molar-refractivity contribution in [3.8, 4) is 17.6 Å². The first-order chi connectivity index (χ1) is 10.7. The van der Waals surface area contributed by atoms with Crippen molar-refractivity contribution in [2.45, 2.75) is 6.92 Å². The van der Waals surface area contributed by atoms with Crippen LogP contribution in [0.5, 0.6) is 5.75 Å². The third-order valence-corrected chi connectivity index (χ3v) is 3.48. The summed E-state index contributed by atoms with van der Waals surface area (Å²) < 4.78 is 10.5. The quantitative estimate of drug-likeness (QED) is 0.508. The van der Waals surface area contributed by atoms with Gasteiger partial charge in [-0.15, -0.1) is 0 Å². The van der Waals surface area contributed by atoms with Gasteiger partial charge in [-0.1, -0.05) is 30.0 Å². The lowest BCUT2D eigenvalue weighted by molar-refractivity contribution is 0.414. The zero-order valence-electron chi connectivity index (χ0n) is 12.3. The minimum Gasteiger partial charge on any atom is -0.497 e. The first kappa shape index (κ1) is 14.0. The Balaban J connectivity index is 2.15. The van der Waals surface area contributed by atoms with Crippen molar-refractivity contribution in [1.82, 2.24) is 0 Å². The van der Waals surface area contributed by atoms with Crippen molar-refractivity contribution in [2.75, 3.05) is 7.11 Å². The van der Waals surface area contributed by atoms with E-state index in [1.54, 1.807) is 13.2 Å². The van der Waals surface area contributed by atoms with E-state index in [0.717, 1.165) is 16.5 Å². The van der Waals surface area contributed by atoms with Gasteiger partial charge < -0.3 is 9.15 Å². The maximum absolute atomic E-state index is 12.2. The molecule has 1 heterocycles. The second-order valence-electron chi connectivity index (χ2n) is 4.87. The van der Waals surface area contributed by atoms with Crippen molar-refractivity contribution < 1.29 is 9.15 Å². The third kappa shape index (κ3) is 2.59. The molecule has 0 aliphatic rings. The van der Waals surface area contributed by atoms with Gasteiger partial charge in [0, 0.05) is 17.0 Å². The number of rotatable bonds is 1. The summed E-state index contributed by atoms with van der Waals surface area (Å²) in [4.78, 5) is 12.2. The number of fused-ring (bicyclic) bond motifs is 1. The summed E-state index contributed by atoms with van der Waals surface area (Å²) in [7, 11) is 1.58. The maximum atomic E-state index is 12.2. The molecular formula is C19H14O3. The number of ether oxygens (including phenoxy) is 1. The Kier molecular flexibility index (Phi) is 3.67. The number of hydrogen-bond acceptors (Lipinski definition) is 3. The van der Waals surface area contributed by atoms with Crippen LogP contribution in [0.3, 0.4) is 0 Å². The topological polar surface area (TPSA) is 39.4 Å². The molecule has 0 spiro atoms. The molecule has 2 aromatic carbocycles. The third-order valence-electron chi connectivity index (χ3n) is 3.48. The Bertz CT molecular complexity index is 941. The van der Waals surface area contributed by atoms with Gasteiger partial charge in [-0.2, -0.15) is 0 Å². The van der Waals surface area contributed by atoms with E-state index in [1.165, 1.54) is 0 Å². The molecule has 1 aromatic heterocycles. The summed E-state index contributed by atoms with van der Waals surface area (Å²) in [5.41, 5.74) is 2.14. The standard InChI is InChI=1S/C19H14O3/c1-13-16-11-9-15(21-2)12-18(16)22-19(20)17(13)10-8-14-6-4-3-5-7-14/h3-7,9,11-12H,1-2H3. The van der Waals surface area contributed by atoms with Crippen LogP contribution in [0.25, 0.3) is 11.0 Å². The molecule has 0 atom stereocenters. The molecule has 0 saturated carbocycles. The highest BCUT2D eigenvalue weighted by Gasteiger charge is 2.10. The molecule has 0 unspecified atom stereocenters. The van der Waals surface area contributed by atoms with Crippen LogP contribution in [0.15, 0.2) is 57.7 Å². The van der Waals surface area contributed by atoms with Crippen LogP contribution in [0, 0.1) is 18.8 Å². The van der Waals surface area contributed by atoms with E-state index in [1.807, 2.05) is 49.4 Å². The molecule has 3 nitrogen and oxygen atoms in total. The summed E-state index contributed by atoms with van der Waals surface area (Å²) in [6, 6.07) is 15.0. The van der Waals surface area contributed by atoms with Gasteiger partial charge in [0.15, 0.2) is 0 Å². The Morgan fingerprint density at radius 2 is 1.82 bits per heavy atom. The second-order valence-corrected chi connectivity index (χ2v) is 4.87. The van der Waals surface area contributed by atoms with Crippen molar-refractivity contribution in [2.24, 2.45) is 0 Å². The molecule has 3 heteroatoms. The zero-order valence-corrected chi connectivity index (χ0v) is 12.3. The smallest absolute Gasteiger partial charge is 0.352 e. The van der Waals surface area contributed by atoms with E-state index >= 15 is 0 Å². The number of aryl methyl sites for hydroxylation is 1. The van der Waals surface area contributed by atoms with Crippen LogP contribution in [0.1, 0.15) is 16.7 Å². The van der Waals surface area contributed by atoms with Gasteiger partial charge in [-0.05, 0) is 36.8 Å². The van der Waals surface area contributed by atoms with Gasteiger partial charge in [-0.3, -0.25) is 0 Å². The molecule has 3 aromatic rings. The fourth-order valence-electron chi connectivity index (χ4n) is 2.26. The largest absolute Gasteiger partial charge is 0.497 e. The van der Waals surface area contributed by atoms with E-state index < -0.39 is 5.63 Å². The highest BCUT2D eigenvalue weighted by molar-refractivity contribution is 5.83. The molecule has 0 aliphatic carbocycles. The van der Waals surface area contributed by atoms with Crippen molar-refractivity contribution >= 4 is 11.0 Å². The van der Waals surface area contributed by atoms with Crippen molar-refractivity contribution in [3.05, 3.63) is 75.6 Å². The minimum atomic E-state index is -0.429. The summed E-state index contributed by atoms with van der Waals surface area (Å²) in [6.07, 6.45) is 0. The van der Waals surface area contributed by atoms with Gasteiger partial charge in [0.1, 0.15) is 16.9 Å². The predicted molar refractivity (Wildman–Crippen MR) is 86.2 cm³/mol. The average Bonchev–Trinajstić information content (AvgIpc) is 2.55. The Labute approximate surface area is 128 Å². The van der Waals surface area contributed by atoms with Gasteiger partial charge in [0.25, 0.3) is 0 Å².